The fourth-order valence-corrected chi connectivity index (χ4v) is 4.13. The highest BCUT2D eigenvalue weighted by Crippen LogP contribution is 2.22. The predicted octanol–water partition coefficient (Wildman–Crippen LogP) is 2.78. The van der Waals surface area contributed by atoms with Crippen molar-refractivity contribution in [1.82, 2.24) is 15.1 Å². The van der Waals surface area contributed by atoms with Crippen LogP contribution in [-0.2, 0) is 0 Å². The van der Waals surface area contributed by atoms with Crippen LogP contribution in [-0.4, -0.2) is 61.7 Å². The SMILES string of the molecule is C1CCN(C2CCN(CCC3CCNCC3)C2)CC1.Cl.Cl. The number of piperidine rings is 2. The first-order chi connectivity index (χ1) is 9.42. The van der Waals surface area contributed by atoms with Crippen molar-refractivity contribution in [3.8, 4) is 0 Å². The topological polar surface area (TPSA) is 18.5 Å². The molecule has 0 bridgehead atoms. The third-order valence-corrected chi connectivity index (χ3v) is 5.47. The molecule has 3 rings (SSSR count). The van der Waals surface area contributed by atoms with E-state index in [0.29, 0.717) is 0 Å². The molecule has 0 amide bonds. The minimum atomic E-state index is 0. The van der Waals surface area contributed by atoms with Crippen LogP contribution in [0.4, 0.5) is 0 Å². The second-order valence-corrected chi connectivity index (χ2v) is 6.82. The van der Waals surface area contributed by atoms with E-state index in [1.807, 2.05) is 0 Å². The molecule has 1 unspecified atom stereocenters. The van der Waals surface area contributed by atoms with Gasteiger partial charge in [0.1, 0.15) is 0 Å². The summed E-state index contributed by atoms with van der Waals surface area (Å²) < 4.78 is 0. The lowest BCUT2D eigenvalue weighted by Crippen LogP contribution is -2.41. The van der Waals surface area contributed by atoms with Gasteiger partial charge in [0, 0.05) is 12.6 Å². The van der Waals surface area contributed by atoms with Crippen LogP contribution in [0.5, 0.6) is 0 Å². The number of rotatable bonds is 4. The largest absolute Gasteiger partial charge is 0.317 e. The van der Waals surface area contributed by atoms with Crippen LogP contribution >= 0.6 is 24.8 Å². The number of likely N-dealkylation sites (tertiary alicyclic amines) is 2. The molecule has 0 saturated carbocycles. The van der Waals surface area contributed by atoms with Gasteiger partial charge in [-0.05, 0) is 83.7 Å². The first-order valence-electron chi connectivity index (χ1n) is 8.59. The summed E-state index contributed by atoms with van der Waals surface area (Å²) in [7, 11) is 0. The highest BCUT2D eigenvalue weighted by molar-refractivity contribution is 5.85. The summed E-state index contributed by atoms with van der Waals surface area (Å²) in [6, 6.07) is 0.883. The van der Waals surface area contributed by atoms with Gasteiger partial charge >= 0.3 is 0 Å². The molecule has 5 heteroatoms. The van der Waals surface area contributed by atoms with Crippen LogP contribution in [0.1, 0.15) is 44.9 Å². The molecule has 0 spiro atoms. The normalized spacial score (nSPS) is 28.9. The average molecular weight is 338 g/mol. The molecule has 126 valence electrons. The van der Waals surface area contributed by atoms with Crippen molar-refractivity contribution >= 4 is 24.8 Å². The zero-order valence-corrected chi connectivity index (χ0v) is 14.9. The molecule has 0 aromatic heterocycles. The van der Waals surface area contributed by atoms with E-state index in [4.69, 9.17) is 0 Å². The Morgan fingerprint density at radius 3 is 2.29 bits per heavy atom. The van der Waals surface area contributed by atoms with Crippen LogP contribution in [0.15, 0.2) is 0 Å². The van der Waals surface area contributed by atoms with Crippen LogP contribution in [0, 0.1) is 5.92 Å². The van der Waals surface area contributed by atoms with Crippen molar-refractivity contribution in [2.75, 3.05) is 45.8 Å². The summed E-state index contributed by atoms with van der Waals surface area (Å²) in [5.41, 5.74) is 0. The lowest BCUT2D eigenvalue weighted by Gasteiger charge is -2.32. The van der Waals surface area contributed by atoms with Crippen molar-refractivity contribution in [3.05, 3.63) is 0 Å². The number of nitrogens with one attached hydrogen (secondary N) is 1. The Bertz CT molecular complexity index is 266. The van der Waals surface area contributed by atoms with Gasteiger partial charge in [-0.3, -0.25) is 4.90 Å². The van der Waals surface area contributed by atoms with Gasteiger partial charge in [-0.25, -0.2) is 0 Å². The van der Waals surface area contributed by atoms with Gasteiger partial charge in [-0.2, -0.15) is 0 Å². The molecule has 0 aromatic rings. The molecule has 0 aliphatic carbocycles. The lowest BCUT2D eigenvalue weighted by atomic mass is 9.94. The first kappa shape index (κ1) is 19.5. The zero-order valence-electron chi connectivity index (χ0n) is 13.3. The molecule has 3 saturated heterocycles. The number of hydrogen-bond acceptors (Lipinski definition) is 3. The number of halogens is 2. The molecule has 0 aromatic carbocycles. The Kier molecular flexibility index (Phi) is 9.54. The number of hydrogen-bond donors (Lipinski definition) is 1. The van der Waals surface area contributed by atoms with Gasteiger partial charge in [0.25, 0.3) is 0 Å². The van der Waals surface area contributed by atoms with Gasteiger partial charge < -0.3 is 10.2 Å². The molecule has 0 radical (unpaired) electrons. The van der Waals surface area contributed by atoms with Crippen LogP contribution in [0.25, 0.3) is 0 Å². The van der Waals surface area contributed by atoms with E-state index in [1.54, 1.807) is 0 Å². The molecule has 3 fully saturated rings. The Morgan fingerprint density at radius 1 is 0.857 bits per heavy atom. The van der Waals surface area contributed by atoms with Gasteiger partial charge in [-0.1, -0.05) is 6.42 Å². The monoisotopic (exact) mass is 337 g/mol. The van der Waals surface area contributed by atoms with Crippen molar-refractivity contribution in [2.45, 2.75) is 51.0 Å². The summed E-state index contributed by atoms with van der Waals surface area (Å²) in [6.07, 6.45) is 10.0. The summed E-state index contributed by atoms with van der Waals surface area (Å²) in [4.78, 5) is 5.51. The molecular weight excluding hydrogens is 305 g/mol. The Balaban J connectivity index is 0.00000110. The fraction of sp³-hybridized carbons (Fsp3) is 1.00. The highest BCUT2D eigenvalue weighted by atomic mass is 35.5. The van der Waals surface area contributed by atoms with E-state index in [1.165, 1.54) is 90.8 Å². The average Bonchev–Trinajstić information content (AvgIpc) is 2.96. The molecular formula is C16H33Cl2N3. The zero-order chi connectivity index (χ0) is 12.9. The lowest BCUT2D eigenvalue weighted by molar-refractivity contribution is 0.160. The van der Waals surface area contributed by atoms with E-state index in [9.17, 15) is 0 Å². The fourth-order valence-electron chi connectivity index (χ4n) is 4.13. The summed E-state index contributed by atoms with van der Waals surface area (Å²) in [5, 5.41) is 3.47. The van der Waals surface area contributed by atoms with Gasteiger partial charge in [0.2, 0.25) is 0 Å². The first-order valence-corrected chi connectivity index (χ1v) is 8.59. The Morgan fingerprint density at radius 2 is 1.57 bits per heavy atom. The van der Waals surface area contributed by atoms with Crippen LogP contribution < -0.4 is 5.32 Å². The maximum atomic E-state index is 3.47. The van der Waals surface area contributed by atoms with E-state index >= 15 is 0 Å². The van der Waals surface area contributed by atoms with E-state index in [2.05, 4.69) is 15.1 Å². The minimum Gasteiger partial charge on any atom is -0.317 e. The maximum absolute atomic E-state index is 3.47. The van der Waals surface area contributed by atoms with E-state index in [0.717, 1.165) is 12.0 Å². The Hall–Kier alpha value is 0.460. The third kappa shape index (κ3) is 5.87. The second-order valence-electron chi connectivity index (χ2n) is 6.82. The quantitative estimate of drug-likeness (QED) is 0.850. The summed E-state index contributed by atoms with van der Waals surface area (Å²) in [6.45, 7) is 9.30. The molecule has 1 atom stereocenters. The molecule has 3 aliphatic rings. The van der Waals surface area contributed by atoms with Crippen LogP contribution in [0.2, 0.25) is 0 Å². The van der Waals surface area contributed by atoms with Gasteiger partial charge in [0.05, 0.1) is 0 Å². The molecule has 21 heavy (non-hydrogen) atoms. The van der Waals surface area contributed by atoms with Gasteiger partial charge in [0.15, 0.2) is 0 Å². The summed E-state index contributed by atoms with van der Waals surface area (Å²) in [5.74, 6) is 0.996. The van der Waals surface area contributed by atoms with Crippen LogP contribution in [0.3, 0.4) is 0 Å². The smallest absolute Gasteiger partial charge is 0.0235 e. The van der Waals surface area contributed by atoms with Gasteiger partial charge in [-0.15, -0.1) is 24.8 Å². The van der Waals surface area contributed by atoms with Crippen molar-refractivity contribution in [3.63, 3.8) is 0 Å². The Labute approximate surface area is 143 Å². The van der Waals surface area contributed by atoms with Crippen molar-refractivity contribution in [2.24, 2.45) is 5.92 Å². The number of nitrogens with zero attached hydrogens (tertiary/aromatic N) is 2. The maximum Gasteiger partial charge on any atom is 0.0235 e. The molecule has 1 N–H and O–H groups in total. The predicted molar refractivity (Wildman–Crippen MR) is 95.0 cm³/mol. The highest BCUT2D eigenvalue weighted by Gasteiger charge is 2.28. The molecule has 3 aliphatic heterocycles. The minimum absolute atomic E-state index is 0. The summed E-state index contributed by atoms with van der Waals surface area (Å²) >= 11 is 0. The third-order valence-electron chi connectivity index (χ3n) is 5.47. The molecule has 3 nitrogen and oxygen atoms in total. The second kappa shape index (κ2) is 10.3. The van der Waals surface area contributed by atoms with Crippen molar-refractivity contribution in [1.29, 1.82) is 0 Å². The molecule has 3 heterocycles. The van der Waals surface area contributed by atoms with E-state index < -0.39 is 0 Å². The standard InChI is InChI=1S/C16H31N3.2ClH/c1-2-10-19(11-3-1)16-7-13-18(14-16)12-6-15-4-8-17-9-5-15;;/h15-17H,1-14H2;2*1H. The van der Waals surface area contributed by atoms with Crippen molar-refractivity contribution < 1.29 is 0 Å². The van der Waals surface area contributed by atoms with E-state index in [-0.39, 0.29) is 24.8 Å².